The van der Waals surface area contributed by atoms with E-state index in [0.29, 0.717) is 12.5 Å². The SMILES string of the molecule is C=C(Cc1ccccc1Cl)Nc1cc2c(c(SN)c1)CCN(C(C)C)C2. The number of rotatable bonds is 6. The zero-order chi connectivity index (χ0) is 18.7. The van der Waals surface area contributed by atoms with Crippen LogP contribution in [0.4, 0.5) is 5.69 Å². The maximum Gasteiger partial charge on any atom is 0.0441 e. The van der Waals surface area contributed by atoms with Crippen LogP contribution in [-0.2, 0) is 19.4 Å². The first-order valence-corrected chi connectivity index (χ1v) is 10.2. The van der Waals surface area contributed by atoms with Crippen LogP contribution in [0.2, 0.25) is 5.02 Å². The van der Waals surface area contributed by atoms with E-state index < -0.39 is 0 Å². The van der Waals surface area contributed by atoms with Gasteiger partial charge in [0.05, 0.1) is 0 Å². The predicted octanol–water partition coefficient (Wildman–Crippen LogP) is 5.24. The molecule has 0 aliphatic carbocycles. The molecule has 0 spiro atoms. The van der Waals surface area contributed by atoms with Crippen LogP contribution in [0, 0.1) is 0 Å². The molecule has 0 amide bonds. The molecule has 0 fully saturated rings. The van der Waals surface area contributed by atoms with Crippen LogP contribution >= 0.6 is 23.5 Å². The third-order valence-electron chi connectivity index (χ3n) is 4.86. The number of hydrogen-bond acceptors (Lipinski definition) is 4. The lowest BCUT2D eigenvalue weighted by atomic mass is 9.97. The van der Waals surface area contributed by atoms with Crippen molar-refractivity contribution in [2.45, 2.75) is 44.2 Å². The lowest BCUT2D eigenvalue weighted by Gasteiger charge is -2.33. The molecule has 0 unspecified atom stereocenters. The van der Waals surface area contributed by atoms with Gasteiger partial charge < -0.3 is 5.32 Å². The molecule has 0 bridgehead atoms. The minimum Gasteiger partial charge on any atom is -0.359 e. The van der Waals surface area contributed by atoms with Crippen molar-refractivity contribution in [2.24, 2.45) is 5.14 Å². The minimum atomic E-state index is 0.545. The van der Waals surface area contributed by atoms with E-state index in [4.69, 9.17) is 16.7 Å². The maximum absolute atomic E-state index is 6.27. The molecule has 2 aromatic carbocycles. The molecule has 0 saturated carbocycles. The Hall–Kier alpha value is -1.46. The fourth-order valence-electron chi connectivity index (χ4n) is 3.42. The van der Waals surface area contributed by atoms with Gasteiger partial charge in [-0.05, 0) is 67.1 Å². The molecule has 1 aliphatic heterocycles. The van der Waals surface area contributed by atoms with Gasteiger partial charge in [-0.15, -0.1) is 0 Å². The fourth-order valence-corrected chi connectivity index (χ4v) is 4.19. The zero-order valence-electron chi connectivity index (χ0n) is 15.4. The van der Waals surface area contributed by atoms with Crippen LogP contribution in [0.3, 0.4) is 0 Å². The van der Waals surface area contributed by atoms with Crippen molar-refractivity contribution < 1.29 is 0 Å². The number of anilines is 1. The van der Waals surface area contributed by atoms with Crippen LogP contribution in [0.1, 0.15) is 30.5 Å². The standard InChI is InChI=1S/C21H26ClN3S/c1-14(2)25-9-8-19-17(13-25)11-18(12-21(19)26-23)24-15(3)10-16-6-4-5-7-20(16)22/h4-7,11-12,14,24H,3,8-10,13,23H2,1-2H3. The molecular weight excluding hydrogens is 362 g/mol. The Bertz CT molecular complexity index is 804. The summed E-state index contributed by atoms with van der Waals surface area (Å²) in [6.45, 7) is 10.7. The molecule has 2 aromatic rings. The molecule has 1 heterocycles. The van der Waals surface area contributed by atoms with Gasteiger partial charge in [0.25, 0.3) is 0 Å². The van der Waals surface area contributed by atoms with Crippen molar-refractivity contribution in [2.75, 3.05) is 11.9 Å². The van der Waals surface area contributed by atoms with Gasteiger partial charge in [0.1, 0.15) is 0 Å². The van der Waals surface area contributed by atoms with Crippen molar-refractivity contribution in [3.05, 3.63) is 70.4 Å². The highest BCUT2D eigenvalue weighted by Crippen LogP contribution is 2.32. The molecule has 3 rings (SSSR count). The number of benzene rings is 2. The lowest BCUT2D eigenvalue weighted by Crippen LogP contribution is -2.36. The van der Waals surface area contributed by atoms with Crippen LogP contribution in [-0.4, -0.2) is 17.5 Å². The lowest BCUT2D eigenvalue weighted by molar-refractivity contribution is 0.202. The third-order valence-corrected chi connectivity index (χ3v) is 5.85. The van der Waals surface area contributed by atoms with Gasteiger partial charge in [0, 0.05) is 46.9 Å². The Morgan fingerprint density at radius 1 is 1.35 bits per heavy atom. The highest BCUT2D eigenvalue weighted by molar-refractivity contribution is 7.97. The van der Waals surface area contributed by atoms with Crippen molar-refractivity contribution in [3.63, 3.8) is 0 Å². The first-order valence-electron chi connectivity index (χ1n) is 8.92. The molecule has 138 valence electrons. The summed E-state index contributed by atoms with van der Waals surface area (Å²) in [5.74, 6) is 0. The number of hydrogen-bond donors (Lipinski definition) is 2. The molecule has 3 N–H and O–H groups in total. The summed E-state index contributed by atoms with van der Waals surface area (Å²) in [6, 6.07) is 12.8. The summed E-state index contributed by atoms with van der Waals surface area (Å²) in [7, 11) is 0. The highest BCUT2D eigenvalue weighted by atomic mass is 35.5. The van der Waals surface area contributed by atoms with Crippen molar-refractivity contribution in [3.8, 4) is 0 Å². The highest BCUT2D eigenvalue weighted by Gasteiger charge is 2.21. The summed E-state index contributed by atoms with van der Waals surface area (Å²) >= 11 is 7.60. The van der Waals surface area contributed by atoms with E-state index in [9.17, 15) is 0 Å². The van der Waals surface area contributed by atoms with Crippen molar-refractivity contribution >= 4 is 29.2 Å². The molecular formula is C21H26ClN3S. The minimum absolute atomic E-state index is 0.545. The quantitative estimate of drug-likeness (QED) is 0.665. The molecule has 0 aromatic heterocycles. The van der Waals surface area contributed by atoms with Crippen LogP contribution < -0.4 is 10.5 Å². The van der Waals surface area contributed by atoms with Gasteiger partial charge in [-0.1, -0.05) is 36.4 Å². The van der Waals surface area contributed by atoms with E-state index in [2.05, 4.69) is 42.8 Å². The topological polar surface area (TPSA) is 41.3 Å². The number of fused-ring (bicyclic) bond motifs is 1. The summed E-state index contributed by atoms with van der Waals surface area (Å²) in [6.07, 6.45) is 1.74. The fraction of sp³-hybridized carbons (Fsp3) is 0.333. The Kier molecular flexibility index (Phi) is 6.30. The van der Waals surface area contributed by atoms with E-state index in [-0.39, 0.29) is 0 Å². The normalized spacial score (nSPS) is 14.3. The summed E-state index contributed by atoms with van der Waals surface area (Å²) < 4.78 is 0. The molecule has 0 radical (unpaired) electrons. The van der Waals surface area contributed by atoms with Gasteiger partial charge in [-0.25, -0.2) is 0 Å². The Labute approximate surface area is 165 Å². The predicted molar refractivity (Wildman–Crippen MR) is 114 cm³/mol. The summed E-state index contributed by atoms with van der Waals surface area (Å²) in [5.41, 5.74) is 5.77. The molecule has 3 nitrogen and oxygen atoms in total. The van der Waals surface area contributed by atoms with Gasteiger partial charge in [0.2, 0.25) is 0 Å². The second-order valence-electron chi connectivity index (χ2n) is 7.04. The molecule has 1 aliphatic rings. The van der Waals surface area contributed by atoms with E-state index in [1.54, 1.807) is 0 Å². The van der Waals surface area contributed by atoms with Gasteiger partial charge >= 0.3 is 0 Å². The van der Waals surface area contributed by atoms with E-state index in [1.807, 2.05) is 24.3 Å². The Balaban J connectivity index is 1.79. The van der Waals surface area contributed by atoms with Gasteiger partial charge in [0.15, 0.2) is 0 Å². The number of halogens is 1. The second kappa shape index (κ2) is 8.49. The van der Waals surface area contributed by atoms with Gasteiger partial charge in [-0.3, -0.25) is 10.0 Å². The average Bonchev–Trinajstić information content (AvgIpc) is 2.62. The molecule has 5 heteroatoms. The number of nitrogens with two attached hydrogens (primary N) is 1. The van der Waals surface area contributed by atoms with Crippen LogP contribution in [0.5, 0.6) is 0 Å². The molecule has 26 heavy (non-hydrogen) atoms. The first-order chi connectivity index (χ1) is 12.5. The molecule has 0 atom stereocenters. The van der Waals surface area contributed by atoms with Crippen LogP contribution in [0.25, 0.3) is 0 Å². The van der Waals surface area contributed by atoms with E-state index >= 15 is 0 Å². The van der Waals surface area contributed by atoms with Crippen molar-refractivity contribution in [1.82, 2.24) is 4.90 Å². The maximum atomic E-state index is 6.27. The second-order valence-corrected chi connectivity index (χ2v) is 8.12. The van der Waals surface area contributed by atoms with Crippen LogP contribution in [0.15, 0.2) is 53.6 Å². The number of nitrogens with zero attached hydrogens (tertiary/aromatic N) is 1. The van der Waals surface area contributed by atoms with E-state index in [1.165, 1.54) is 23.1 Å². The average molecular weight is 388 g/mol. The van der Waals surface area contributed by atoms with Gasteiger partial charge in [-0.2, -0.15) is 0 Å². The van der Waals surface area contributed by atoms with Crippen molar-refractivity contribution in [1.29, 1.82) is 0 Å². The zero-order valence-corrected chi connectivity index (χ0v) is 17.0. The summed E-state index contributed by atoms with van der Waals surface area (Å²) in [5, 5.41) is 10.2. The number of allylic oxidation sites excluding steroid dienone is 1. The first kappa shape index (κ1) is 19.3. The Morgan fingerprint density at radius 2 is 2.12 bits per heavy atom. The largest absolute Gasteiger partial charge is 0.359 e. The monoisotopic (exact) mass is 387 g/mol. The Morgan fingerprint density at radius 3 is 2.81 bits per heavy atom. The number of nitrogens with one attached hydrogen (secondary N) is 1. The third kappa shape index (κ3) is 4.44. The summed E-state index contributed by atoms with van der Waals surface area (Å²) in [4.78, 5) is 3.65. The smallest absolute Gasteiger partial charge is 0.0441 e. The molecule has 0 saturated heterocycles. The van der Waals surface area contributed by atoms with E-state index in [0.717, 1.165) is 46.4 Å².